The number of benzene rings is 1. The molecule has 0 heterocycles. The molecule has 4 heteroatoms. The number of aliphatic hydroxyl groups excluding tert-OH is 1. The lowest BCUT2D eigenvalue weighted by molar-refractivity contribution is -0.137. The second kappa shape index (κ2) is 9.58. The molecule has 132 valence electrons. The summed E-state index contributed by atoms with van der Waals surface area (Å²) < 4.78 is 0. The van der Waals surface area contributed by atoms with Gasteiger partial charge in [-0.25, -0.2) is 0 Å². The molecule has 1 fully saturated rings. The van der Waals surface area contributed by atoms with Crippen LogP contribution in [0.4, 0.5) is 0 Å². The van der Waals surface area contributed by atoms with E-state index in [0.717, 1.165) is 38.5 Å². The standard InChI is InChI=1S/C20H28O4/c21-18-14-19(22)17(13-12-15-8-4-3-5-9-15)16(18)10-6-1-2-7-11-20(23)24/h3-5,8-9,16-17,19,22H,1-2,6-7,10-14H2,(H,23,24). The SMILES string of the molecule is O=C(O)CCCCCCC1C(=O)CC(O)C1CCc1ccccc1. The van der Waals surface area contributed by atoms with Crippen LogP contribution in [0.2, 0.25) is 0 Å². The van der Waals surface area contributed by atoms with Gasteiger partial charge in [0.25, 0.3) is 0 Å². The number of rotatable bonds is 10. The number of ketones is 1. The minimum absolute atomic E-state index is 0.0248. The van der Waals surface area contributed by atoms with Gasteiger partial charge in [0.05, 0.1) is 6.10 Å². The van der Waals surface area contributed by atoms with Gasteiger partial charge in [0.15, 0.2) is 0 Å². The number of aliphatic carboxylic acids is 1. The lowest BCUT2D eigenvalue weighted by Crippen LogP contribution is -2.21. The van der Waals surface area contributed by atoms with Crippen LogP contribution in [0.1, 0.15) is 56.9 Å². The van der Waals surface area contributed by atoms with E-state index < -0.39 is 12.1 Å². The molecule has 0 bridgehead atoms. The van der Waals surface area contributed by atoms with E-state index in [1.165, 1.54) is 5.56 Å². The van der Waals surface area contributed by atoms with E-state index in [4.69, 9.17) is 5.11 Å². The van der Waals surface area contributed by atoms with Crippen LogP contribution in [0.3, 0.4) is 0 Å². The van der Waals surface area contributed by atoms with Crippen molar-refractivity contribution in [3.63, 3.8) is 0 Å². The molecular formula is C20H28O4. The average Bonchev–Trinajstić information content (AvgIpc) is 2.83. The summed E-state index contributed by atoms with van der Waals surface area (Å²) in [5, 5.41) is 18.8. The Hall–Kier alpha value is -1.68. The molecule has 2 rings (SSSR count). The number of Topliss-reactive ketones (excluding diaryl/α,β-unsaturated/α-hetero) is 1. The van der Waals surface area contributed by atoms with E-state index in [-0.39, 0.29) is 24.0 Å². The van der Waals surface area contributed by atoms with E-state index in [0.29, 0.717) is 12.8 Å². The molecule has 0 amide bonds. The third-order valence-corrected chi connectivity index (χ3v) is 5.10. The second-order valence-corrected chi connectivity index (χ2v) is 6.88. The van der Waals surface area contributed by atoms with E-state index in [1.807, 2.05) is 18.2 Å². The summed E-state index contributed by atoms with van der Waals surface area (Å²) in [6.45, 7) is 0. The van der Waals surface area contributed by atoms with Crippen LogP contribution < -0.4 is 0 Å². The van der Waals surface area contributed by atoms with Gasteiger partial charge in [-0.05, 0) is 37.2 Å². The van der Waals surface area contributed by atoms with Crippen LogP contribution in [0.15, 0.2) is 30.3 Å². The van der Waals surface area contributed by atoms with Crippen LogP contribution in [0.5, 0.6) is 0 Å². The van der Waals surface area contributed by atoms with E-state index in [1.54, 1.807) is 0 Å². The fraction of sp³-hybridized carbons (Fsp3) is 0.600. The van der Waals surface area contributed by atoms with E-state index in [2.05, 4.69) is 12.1 Å². The van der Waals surface area contributed by atoms with Crippen LogP contribution in [0, 0.1) is 11.8 Å². The first-order valence-corrected chi connectivity index (χ1v) is 9.04. The maximum Gasteiger partial charge on any atom is 0.303 e. The predicted molar refractivity (Wildman–Crippen MR) is 92.7 cm³/mol. The zero-order valence-corrected chi connectivity index (χ0v) is 14.2. The zero-order chi connectivity index (χ0) is 17.4. The topological polar surface area (TPSA) is 74.6 Å². The summed E-state index contributed by atoms with van der Waals surface area (Å²) >= 11 is 0. The molecule has 1 aromatic carbocycles. The fourth-order valence-electron chi connectivity index (χ4n) is 3.76. The highest BCUT2D eigenvalue weighted by atomic mass is 16.4. The monoisotopic (exact) mass is 332 g/mol. The Balaban J connectivity index is 1.76. The van der Waals surface area contributed by atoms with E-state index in [9.17, 15) is 14.7 Å². The van der Waals surface area contributed by atoms with Gasteiger partial charge in [-0.3, -0.25) is 9.59 Å². The van der Waals surface area contributed by atoms with Crippen LogP contribution in [-0.2, 0) is 16.0 Å². The van der Waals surface area contributed by atoms with Crippen molar-refractivity contribution < 1.29 is 19.8 Å². The van der Waals surface area contributed by atoms with Gasteiger partial charge in [0, 0.05) is 18.8 Å². The Morgan fingerprint density at radius 3 is 2.46 bits per heavy atom. The number of carboxylic acids is 1. The van der Waals surface area contributed by atoms with Crippen LogP contribution in [-0.4, -0.2) is 28.1 Å². The van der Waals surface area contributed by atoms with Gasteiger partial charge in [0.1, 0.15) is 5.78 Å². The number of carbonyl (C=O) groups is 2. The van der Waals surface area contributed by atoms with Gasteiger partial charge >= 0.3 is 5.97 Å². The average molecular weight is 332 g/mol. The zero-order valence-electron chi connectivity index (χ0n) is 14.2. The molecule has 1 saturated carbocycles. The summed E-state index contributed by atoms with van der Waals surface area (Å²) in [6, 6.07) is 10.2. The molecule has 2 N–H and O–H groups in total. The van der Waals surface area contributed by atoms with Crippen molar-refractivity contribution in [3.8, 4) is 0 Å². The highest BCUT2D eigenvalue weighted by Gasteiger charge is 2.40. The Kier molecular flexibility index (Phi) is 7.44. The molecule has 0 saturated heterocycles. The maximum atomic E-state index is 12.2. The Morgan fingerprint density at radius 1 is 1.04 bits per heavy atom. The molecular weight excluding hydrogens is 304 g/mol. The summed E-state index contributed by atoms with van der Waals surface area (Å²) in [5.74, 6) is -0.504. The molecule has 3 atom stereocenters. The number of aliphatic hydroxyl groups is 1. The number of unbranched alkanes of at least 4 members (excludes halogenated alkanes) is 3. The van der Waals surface area contributed by atoms with E-state index >= 15 is 0 Å². The molecule has 1 aliphatic rings. The highest BCUT2D eigenvalue weighted by Crippen LogP contribution is 2.36. The van der Waals surface area contributed by atoms with Crippen molar-refractivity contribution in [2.24, 2.45) is 11.8 Å². The summed E-state index contributed by atoms with van der Waals surface area (Å²) in [5.41, 5.74) is 1.25. The van der Waals surface area contributed by atoms with Crippen molar-refractivity contribution in [3.05, 3.63) is 35.9 Å². The second-order valence-electron chi connectivity index (χ2n) is 6.88. The number of hydrogen-bond donors (Lipinski definition) is 2. The van der Waals surface area contributed by atoms with Crippen LogP contribution in [0.25, 0.3) is 0 Å². The molecule has 0 spiro atoms. The molecule has 0 aliphatic heterocycles. The first-order valence-electron chi connectivity index (χ1n) is 9.04. The van der Waals surface area contributed by atoms with Gasteiger partial charge in [-0.15, -0.1) is 0 Å². The van der Waals surface area contributed by atoms with Crippen molar-refractivity contribution in [1.29, 1.82) is 0 Å². The van der Waals surface area contributed by atoms with Crippen molar-refractivity contribution in [2.45, 2.75) is 63.9 Å². The summed E-state index contributed by atoms with van der Waals surface area (Å²) in [4.78, 5) is 22.7. The Morgan fingerprint density at radius 2 is 1.75 bits per heavy atom. The summed E-state index contributed by atoms with van der Waals surface area (Å²) in [6.07, 6.45) is 6.07. The maximum absolute atomic E-state index is 12.2. The predicted octanol–water partition coefficient (Wildman–Crippen LogP) is 3.61. The number of carbonyl (C=O) groups excluding carboxylic acids is 1. The molecule has 24 heavy (non-hydrogen) atoms. The number of hydrogen-bond acceptors (Lipinski definition) is 3. The number of carboxylic acid groups (broad SMARTS) is 1. The third-order valence-electron chi connectivity index (χ3n) is 5.10. The Bertz CT molecular complexity index is 526. The van der Waals surface area contributed by atoms with Gasteiger partial charge in [0.2, 0.25) is 0 Å². The largest absolute Gasteiger partial charge is 0.481 e. The molecule has 1 aliphatic carbocycles. The normalized spacial score (nSPS) is 23.5. The first kappa shape index (κ1) is 18.7. The van der Waals surface area contributed by atoms with Crippen molar-refractivity contribution >= 4 is 11.8 Å². The van der Waals surface area contributed by atoms with Crippen molar-refractivity contribution in [2.75, 3.05) is 0 Å². The first-order chi connectivity index (χ1) is 11.6. The highest BCUT2D eigenvalue weighted by molar-refractivity contribution is 5.84. The van der Waals surface area contributed by atoms with Gasteiger partial charge < -0.3 is 10.2 Å². The lowest BCUT2D eigenvalue weighted by Gasteiger charge is -2.21. The molecule has 4 nitrogen and oxygen atoms in total. The minimum Gasteiger partial charge on any atom is -0.481 e. The molecule has 0 aromatic heterocycles. The van der Waals surface area contributed by atoms with Gasteiger partial charge in [-0.2, -0.15) is 0 Å². The lowest BCUT2D eigenvalue weighted by atomic mass is 9.85. The molecule has 3 unspecified atom stereocenters. The number of aryl methyl sites for hydroxylation is 1. The van der Waals surface area contributed by atoms with Crippen molar-refractivity contribution in [1.82, 2.24) is 0 Å². The van der Waals surface area contributed by atoms with Gasteiger partial charge in [-0.1, -0.05) is 49.6 Å². The quantitative estimate of drug-likeness (QED) is 0.642. The fourth-order valence-corrected chi connectivity index (χ4v) is 3.76. The Labute approximate surface area is 143 Å². The minimum atomic E-state index is -0.745. The summed E-state index contributed by atoms with van der Waals surface area (Å²) in [7, 11) is 0. The molecule has 1 aromatic rings. The smallest absolute Gasteiger partial charge is 0.303 e. The third kappa shape index (κ3) is 5.75. The molecule has 0 radical (unpaired) electrons. The van der Waals surface area contributed by atoms with Crippen LogP contribution >= 0.6 is 0 Å².